The van der Waals surface area contributed by atoms with E-state index in [-0.39, 0.29) is 12.1 Å². The molecule has 1 aliphatic heterocycles. The summed E-state index contributed by atoms with van der Waals surface area (Å²) in [6.45, 7) is 0.129. The van der Waals surface area contributed by atoms with Gasteiger partial charge in [0.05, 0.1) is 5.54 Å². The first kappa shape index (κ1) is 28.6. The van der Waals surface area contributed by atoms with Crippen molar-refractivity contribution in [3.05, 3.63) is 112 Å². The van der Waals surface area contributed by atoms with Gasteiger partial charge in [0.25, 0.3) is 5.91 Å². The third kappa shape index (κ3) is 4.37. The fraction of sp³-hybridized carbons (Fsp3) is 0.382. The number of hydrogen-bond acceptors (Lipinski definition) is 2. The van der Waals surface area contributed by atoms with Crippen LogP contribution in [0.15, 0.2) is 60.2 Å². The van der Waals surface area contributed by atoms with E-state index in [9.17, 15) is 26.7 Å². The molecule has 0 unspecified atom stereocenters. The van der Waals surface area contributed by atoms with Crippen molar-refractivity contribution in [3.8, 4) is 0 Å². The number of fused-ring (bicyclic) bond motifs is 3. The molecule has 3 nitrogen and oxygen atoms in total. The minimum absolute atomic E-state index is 0.129. The van der Waals surface area contributed by atoms with Crippen molar-refractivity contribution in [3.63, 3.8) is 0 Å². The summed E-state index contributed by atoms with van der Waals surface area (Å²) < 4.78 is 72.2. The van der Waals surface area contributed by atoms with Gasteiger partial charge in [-0.1, -0.05) is 54.6 Å². The van der Waals surface area contributed by atoms with Crippen LogP contribution in [-0.2, 0) is 12.8 Å². The Morgan fingerprint density at radius 1 is 0.810 bits per heavy atom. The normalized spacial score (nSPS) is 23.5. The molecule has 220 valence electrons. The number of amides is 1. The van der Waals surface area contributed by atoms with Crippen LogP contribution in [-0.4, -0.2) is 47.4 Å². The Kier molecular flexibility index (Phi) is 7.24. The van der Waals surface area contributed by atoms with Crippen LogP contribution in [0.25, 0.3) is 5.57 Å². The highest BCUT2D eigenvalue weighted by Crippen LogP contribution is 2.54. The van der Waals surface area contributed by atoms with Crippen molar-refractivity contribution in [2.75, 3.05) is 20.6 Å². The number of aryl methyl sites for hydroxylation is 1. The summed E-state index contributed by atoms with van der Waals surface area (Å²) in [6.07, 6.45) is 5.26. The molecule has 1 spiro atoms. The second-order valence-corrected chi connectivity index (χ2v) is 12.1. The fourth-order valence-corrected chi connectivity index (χ4v) is 7.63. The van der Waals surface area contributed by atoms with Crippen LogP contribution in [0.2, 0.25) is 0 Å². The van der Waals surface area contributed by atoms with E-state index >= 15 is 0 Å². The van der Waals surface area contributed by atoms with Crippen LogP contribution < -0.4 is 0 Å². The standard InChI is InChI=1S/C34H33F5N2O/c1-40(2)33(14-12-21-8-4-3-5-9-21)15-17-34(18-16-33)25-20-22-10-6-7-11-23(22)24(25)13-19-41(34)32(42)26-27(35)29(37)31(39)30(38)28(26)36/h3-11H,12-20H2,1-2H3. The maximum Gasteiger partial charge on any atom is 0.260 e. The SMILES string of the molecule is CN(C)C1(CCc2ccccc2)CCC2(CC1)C1=C(CCN2C(=O)c2c(F)c(F)c(F)c(F)c2F)c2ccccc2C1. The number of hydrogen-bond donors (Lipinski definition) is 0. The van der Waals surface area contributed by atoms with Crippen LogP contribution >= 0.6 is 0 Å². The Bertz CT molecular complexity index is 1550. The number of benzene rings is 3. The molecule has 1 saturated carbocycles. The number of carbonyl (C=O) groups is 1. The van der Waals surface area contributed by atoms with E-state index in [0.717, 1.165) is 35.1 Å². The molecule has 3 aliphatic rings. The molecule has 2 aliphatic carbocycles. The van der Waals surface area contributed by atoms with E-state index in [4.69, 9.17) is 0 Å². The number of nitrogens with zero attached hydrogens (tertiary/aromatic N) is 2. The van der Waals surface area contributed by atoms with Gasteiger partial charge in [-0.3, -0.25) is 4.79 Å². The quantitative estimate of drug-likeness (QED) is 0.177. The van der Waals surface area contributed by atoms with Crippen molar-refractivity contribution < 1.29 is 26.7 Å². The first-order valence-electron chi connectivity index (χ1n) is 14.5. The highest BCUT2D eigenvalue weighted by molar-refractivity contribution is 5.97. The first-order chi connectivity index (χ1) is 20.1. The zero-order valence-corrected chi connectivity index (χ0v) is 23.8. The number of halogens is 5. The highest BCUT2D eigenvalue weighted by atomic mass is 19.2. The smallest absolute Gasteiger partial charge is 0.260 e. The number of carbonyl (C=O) groups excluding carboxylic acids is 1. The molecule has 0 aromatic heterocycles. The summed E-state index contributed by atoms with van der Waals surface area (Å²) in [6, 6.07) is 18.3. The van der Waals surface area contributed by atoms with Crippen molar-refractivity contribution in [2.24, 2.45) is 0 Å². The van der Waals surface area contributed by atoms with E-state index in [2.05, 4.69) is 37.2 Å². The van der Waals surface area contributed by atoms with Crippen molar-refractivity contribution in [1.29, 1.82) is 0 Å². The predicted molar refractivity (Wildman–Crippen MR) is 151 cm³/mol. The lowest BCUT2D eigenvalue weighted by atomic mass is 9.64. The third-order valence-electron chi connectivity index (χ3n) is 10.1. The van der Waals surface area contributed by atoms with E-state index < -0.39 is 46.1 Å². The lowest BCUT2D eigenvalue weighted by molar-refractivity contribution is 0.00530. The van der Waals surface area contributed by atoms with E-state index in [1.54, 1.807) is 0 Å². The van der Waals surface area contributed by atoms with Gasteiger partial charge in [-0.15, -0.1) is 0 Å². The molecule has 1 amide bonds. The summed E-state index contributed by atoms with van der Waals surface area (Å²) in [7, 11) is 4.11. The lowest BCUT2D eigenvalue weighted by Crippen LogP contribution is -2.61. The van der Waals surface area contributed by atoms with Gasteiger partial charge in [-0.2, -0.15) is 0 Å². The molecule has 0 saturated heterocycles. The minimum Gasteiger partial charge on any atom is -0.329 e. The molecule has 3 aromatic carbocycles. The van der Waals surface area contributed by atoms with Gasteiger partial charge in [0.1, 0.15) is 5.56 Å². The molecule has 0 bridgehead atoms. The maximum atomic E-state index is 15.0. The molecular formula is C34H33F5N2O. The molecule has 8 heteroatoms. The van der Waals surface area contributed by atoms with Crippen LogP contribution in [0, 0.1) is 29.1 Å². The molecule has 0 N–H and O–H groups in total. The van der Waals surface area contributed by atoms with Crippen LogP contribution in [0.5, 0.6) is 0 Å². The van der Waals surface area contributed by atoms with Gasteiger partial charge in [-0.25, -0.2) is 22.0 Å². The van der Waals surface area contributed by atoms with Gasteiger partial charge in [0.15, 0.2) is 23.3 Å². The molecule has 6 rings (SSSR count). The monoisotopic (exact) mass is 580 g/mol. The zero-order chi connectivity index (χ0) is 29.8. The van der Waals surface area contributed by atoms with Crippen molar-refractivity contribution >= 4 is 11.5 Å². The number of rotatable bonds is 5. The Morgan fingerprint density at radius 3 is 2.05 bits per heavy atom. The van der Waals surface area contributed by atoms with Gasteiger partial charge >= 0.3 is 0 Å². The van der Waals surface area contributed by atoms with Crippen LogP contribution in [0.4, 0.5) is 22.0 Å². The zero-order valence-electron chi connectivity index (χ0n) is 23.8. The van der Waals surface area contributed by atoms with Crippen molar-refractivity contribution in [2.45, 2.75) is 62.4 Å². The highest BCUT2D eigenvalue weighted by Gasteiger charge is 2.54. The fourth-order valence-electron chi connectivity index (χ4n) is 7.63. The lowest BCUT2D eigenvalue weighted by Gasteiger charge is -2.56. The second kappa shape index (κ2) is 10.6. The summed E-state index contributed by atoms with van der Waals surface area (Å²) in [5.74, 6) is -11.8. The van der Waals surface area contributed by atoms with Crippen LogP contribution in [0.3, 0.4) is 0 Å². The summed E-state index contributed by atoms with van der Waals surface area (Å²) >= 11 is 0. The largest absolute Gasteiger partial charge is 0.329 e. The molecule has 1 heterocycles. The Morgan fingerprint density at radius 2 is 1.40 bits per heavy atom. The third-order valence-corrected chi connectivity index (χ3v) is 10.1. The molecule has 0 radical (unpaired) electrons. The van der Waals surface area contributed by atoms with Gasteiger partial charge in [0.2, 0.25) is 5.82 Å². The molecule has 0 atom stereocenters. The topological polar surface area (TPSA) is 23.6 Å². The summed E-state index contributed by atoms with van der Waals surface area (Å²) in [5, 5.41) is 0. The Balaban J connectivity index is 1.40. The molecule has 3 aromatic rings. The van der Waals surface area contributed by atoms with Gasteiger partial charge < -0.3 is 9.80 Å². The van der Waals surface area contributed by atoms with Gasteiger partial charge in [0, 0.05) is 12.1 Å². The Labute approximate surface area is 242 Å². The second-order valence-electron chi connectivity index (χ2n) is 12.1. The van der Waals surface area contributed by atoms with E-state index in [1.165, 1.54) is 10.5 Å². The maximum absolute atomic E-state index is 15.0. The van der Waals surface area contributed by atoms with Crippen molar-refractivity contribution in [1.82, 2.24) is 9.80 Å². The average Bonchev–Trinajstić information content (AvgIpc) is 3.39. The Hall–Kier alpha value is -3.52. The predicted octanol–water partition coefficient (Wildman–Crippen LogP) is 7.48. The minimum atomic E-state index is -2.27. The van der Waals surface area contributed by atoms with E-state index in [1.807, 2.05) is 36.4 Å². The van der Waals surface area contributed by atoms with E-state index in [0.29, 0.717) is 38.5 Å². The molecule has 1 fully saturated rings. The first-order valence-corrected chi connectivity index (χ1v) is 14.5. The summed E-state index contributed by atoms with van der Waals surface area (Å²) in [5.41, 5.74) is 3.19. The summed E-state index contributed by atoms with van der Waals surface area (Å²) in [4.78, 5) is 17.6. The molecule has 42 heavy (non-hydrogen) atoms. The average molecular weight is 581 g/mol. The molecular weight excluding hydrogens is 547 g/mol. The van der Waals surface area contributed by atoms with Crippen LogP contribution in [0.1, 0.15) is 65.6 Å². The van der Waals surface area contributed by atoms with Gasteiger partial charge in [-0.05, 0) is 93.3 Å².